The van der Waals surface area contributed by atoms with Crippen LogP contribution in [0.4, 0.5) is 0 Å². The number of rotatable bonds is 1. The van der Waals surface area contributed by atoms with E-state index in [1.807, 2.05) is 0 Å². The van der Waals surface area contributed by atoms with Gasteiger partial charge in [-0.05, 0) is 19.8 Å². The van der Waals surface area contributed by atoms with E-state index in [1.54, 1.807) is 11.3 Å². The monoisotopic (exact) mass is 139 g/mol. The average Bonchev–Trinajstić information content (AvgIpc) is 2.58. The molecule has 9 heavy (non-hydrogen) atoms. The molecule has 1 nitrogen and oxygen atoms in total. The summed E-state index contributed by atoms with van der Waals surface area (Å²) in [5, 5.41) is 3.39. The topological polar surface area (TPSA) is 12.9 Å². The van der Waals surface area contributed by atoms with E-state index in [0.29, 0.717) is 0 Å². The summed E-state index contributed by atoms with van der Waals surface area (Å²) in [4.78, 5) is 4.39. The van der Waals surface area contributed by atoms with Crippen LogP contribution >= 0.6 is 11.3 Å². The standard InChI is InChI=1S/C7H9NS/c1-5-8-7(4-9-5)6-2-3-6/h4,6H,2-3H2,1H3. The molecule has 0 atom stereocenters. The Bertz CT molecular complexity index is 212. The Kier molecular flexibility index (Phi) is 1.09. The molecule has 2 heteroatoms. The van der Waals surface area contributed by atoms with Crippen molar-refractivity contribution in [1.29, 1.82) is 0 Å². The molecule has 0 aromatic carbocycles. The average molecular weight is 139 g/mol. The Balaban J connectivity index is 2.28. The van der Waals surface area contributed by atoms with Gasteiger partial charge < -0.3 is 0 Å². The minimum absolute atomic E-state index is 0.829. The number of aryl methyl sites for hydroxylation is 1. The van der Waals surface area contributed by atoms with Crippen molar-refractivity contribution in [3.63, 3.8) is 0 Å². The van der Waals surface area contributed by atoms with Gasteiger partial charge in [0.25, 0.3) is 0 Å². The SMILES string of the molecule is Cc1nc(C2CC2)cs1. The summed E-state index contributed by atoms with van der Waals surface area (Å²) < 4.78 is 0. The summed E-state index contributed by atoms with van der Waals surface area (Å²) in [5.74, 6) is 0.829. The van der Waals surface area contributed by atoms with Gasteiger partial charge in [0.2, 0.25) is 0 Å². The maximum Gasteiger partial charge on any atom is 0.0897 e. The van der Waals surface area contributed by atoms with Crippen LogP contribution in [0.1, 0.15) is 29.5 Å². The molecule has 1 aliphatic rings. The lowest BCUT2D eigenvalue weighted by atomic mass is 10.3. The van der Waals surface area contributed by atoms with Crippen LogP contribution in [-0.4, -0.2) is 4.98 Å². The first-order chi connectivity index (χ1) is 4.36. The van der Waals surface area contributed by atoms with E-state index in [2.05, 4.69) is 17.3 Å². The quantitative estimate of drug-likeness (QED) is 0.582. The van der Waals surface area contributed by atoms with Crippen molar-refractivity contribution < 1.29 is 0 Å². The predicted octanol–water partition coefficient (Wildman–Crippen LogP) is 2.33. The van der Waals surface area contributed by atoms with Crippen molar-refractivity contribution in [2.24, 2.45) is 0 Å². The Morgan fingerprint density at radius 1 is 1.67 bits per heavy atom. The van der Waals surface area contributed by atoms with Crippen LogP contribution in [-0.2, 0) is 0 Å². The zero-order chi connectivity index (χ0) is 6.27. The lowest BCUT2D eigenvalue weighted by molar-refractivity contribution is 1.03. The van der Waals surface area contributed by atoms with Crippen LogP contribution in [0, 0.1) is 6.92 Å². The Hall–Kier alpha value is -0.370. The van der Waals surface area contributed by atoms with Gasteiger partial charge in [0.1, 0.15) is 0 Å². The molecule has 0 saturated heterocycles. The fourth-order valence-corrected chi connectivity index (χ4v) is 1.64. The molecule has 0 spiro atoms. The highest BCUT2D eigenvalue weighted by atomic mass is 32.1. The molecule has 0 unspecified atom stereocenters. The Morgan fingerprint density at radius 3 is 2.89 bits per heavy atom. The predicted molar refractivity (Wildman–Crippen MR) is 38.8 cm³/mol. The van der Waals surface area contributed by atoms with Crippen LogP contribution < -0.4 is 0 Å². The summed E-state index contributed by atoms with van der Waals surface area (Å²) in [5.41, 5.74) is 1.33. The summed E-state index contributed by atoms with van der Waals surface area (Å²) in [6.45, 7) is 2.07. The number of thiazole rings is 1. The fraction of sp³-hybridized carbons (Fsp3) is 0.571. The molecular weight excluding hydrogens is 130 g/mol. The molecule has 1 aromatic heterocycles. The normalized spacial score (nSPS) is 18.3. The molecule has 48 valence electrons. The van der Waals surface area contributed by atoms with E-state index in [9.17, 15) is 0 Å². The van der Waals surface area contributed by atoms with Crippen molar-refractivity contribution in [3.8, 4) is 0 Å². The fourth-order valence-electron chi connectivity index (χ4n) is 0.947. The third-order valence-electron chi connectivity index (χ3n) is 1.63. The molecule has 2 rings (SSSR count). The molecule has 1 aliphatic carbocycles. The van der Waals surface area contributed by atoms with Gasteiger partial charge >= 0.3 is 0 Å². The first kappa shape index (κ1) is 5.42. The van der Waals surface area contributed by atoms with Gasteiger partial charge in [-0.2, -0.15) is 0 Å². The third-order valence-corrected chi connectivity index (χ3v) is 2.42. The molecule has 0 N–H and O–H groups in total. The molecule has 0 aliphatic heterocycles. The molecule has 1 fully saturated rings. The van der Waals surface area contributed by atoms with E-state index in [1.165, 1.54) is 23.5 Å². The number of hydrogen-bond acceptors (Lipinski definition) is 2. The Labute approximate surface area is 58.7 Å². The zero-order valence-electron chi connectivity index (χ0n) is 5.42. The van der Waals surface area contributed by atoms with Gasteiger partial charge in [0.05, 0.1) is 10.7 Å². The second-order valence-corrected chi connectivity index (χ2v) is 3.63. The van der Waals surface area contributed by atoms with Crippen molar-refractivity contribution in [1.82, 2.24) is 4.98 Å². The van der Waals surface area contributed by atoms with E-state index in [0.717, 1.165) is 5.92 Å². The smallest absolute Gasteiger partial charge is 0.0897 e. The maximum absolute atomic E-state index is 4.39. The number of nitrogens with zero attached hydrogens (tertiary/aromatic N) is 1. The van der Waals surface area contributed by atoms with E-state index >= 15 is 0 Å². The molecule has 1 aromatic rings. The lowest BCUT2D eigenvalue weighted by Crippen LogP contribution is -1.76. The molecular formula is C7H9NS. The highest BCUT2D eigenvalue weighted by Gasteiger charge is 2.25. The molecule has 0 amide bonds. The minimum Gasteiger partial charge on any atom is -0.246 e. The second-order valence-electron chi connectivity index (χ2n) is 2.57. The first-order valence-corrected chi connectivity index (χ1v) is 4.16. The van der Waals surface area contributed by atoms with Gasteiger partial charge in [-0.3, -0.25) is 0 Å². The number of aromatic nitrogens is 1. The van der Waals surface area contributed by atoms with Gasteiger partial charge in [-0.15, -0.1) is 11.3 Å². The summed E-state index contributed by atoms with van der Waals surface area (Å²) in [7, 11) is 0. The van der Waals surface area contributed by atoms with Crippen LogP contribution in [0.3, 0.4) is 0 Å². The van der Waals surface area contributed by atoms with Crippen LogP contribution in [0.15, 0.2) is 5.38 Å². The van der Waals surface area contributed by atoms with Crippen molar-refractivity contribution in [2.75, 3.05) is 0 Å². The highest BCUT2D eigenvalue weighted by Crippen LogP contribution is 2.39. The van der Waals surface area contributed by atoms with Crippen LogP contribution in [0.2, 0.25) is 0 Å². The summed E-state index contributed by atoms with van der Waals surface area (Å²) in [6, 6.07) is 0. The van der Waals surface area contributed by atoms with Gasteiger partial charge in [-0.25, -0.2) is 4.98 Å². The van der Waals surface area contributed by atoms with Crippen molar-refractivity contribution in [3.05, 3.63) is 16.1 Å². The lowest BCUT2D eigenvalue weighted by Gasteiger charge is -1.82. The van der Waals surface area contributed by atoms with Gasteiger partial charge in [0, 0.05) is 11.3 Å². The zero-order valence-corrected chi connectivity index (χ0v) is 6.24. The van der Waals surface area contributed by atoms with E-state index in [4.69, 9.17) is 0 Å². The highest BCUT2D eigenvalue weighted by molar-refractivity contribution is 7.09. The molecule has 0 bridgehead atoms. The van der Waals surface area contributed by atoms with Crippen molar-refractivity contribution in [2.45, 2.75) is 25.7 Å². The first-order valence-electron chi connectivity index (χ1n) is 3.28. The maximum atomic E-state index is 4.39. The largest absolute Gasteiger partial charge is 0.246 e. The molecule has 0 radical (unpaired) electrons. The van der Waals surface area contributed by atoms with Crippen molar-refractivity contribution >= 4 is 11.3 Å². The third kappa shape index (κ3) is 0.990. The minimum atomic E-state index is 0.829. The second kappa shape index (κ2) is 1.81. The number of hydrogen-bond donors (Lipinski definition) is 0. The Morgan fingerprint density at radius 2 is 2.44 bits per heavy atom. The molecule has 1 heterocycles. The summed E-state index contributed by atoms with van der Waals surface area (Å²) >= 11 is 1.76. The van der Waals surface area contributed by atoms with Gasteiger partial charge in [0.15, 0.2) is 0 Å². The van der Waals surface area contributed by atoms with Crippen LogP contribution in [0.5, 0.6) is 0 Å². The van der Waals surface area contributed by atoms with Gasteiger partial charge in [-0.1, -0.05) is 0 Å². The van der Waals surface area contributed by atoms with Crippen LogP contribution in [0.25, 0.3) is 0 Å². The molecule has 1 saturated carbocycles. The summed E-state index contributed by atoms with van der Waals surface area (Å²) in [6.07, 6.45) is 2.73. The van der Waals surface area contributed by atoms with E-state index < -0.39 is 0 Å². The van der Waals surface area contributed by atoms with E-state index in [-0.39, 0.29) is 0 Å².